The first kappa shape index (κ1) is 14.2. The molecule has 0 aliphatic rings. The number of hydrogen-bond donors (Lipinski definition) is 2. The van der Waals surface area contributed by atoms with Crippen molar-refractivity contribution < 1.29 is 19.4 Å². The number of carbonyl (C=O) groups is 1. The van der Waals surface area contributed by atoms with Gasteiger partial charge in [-0.2, -0.15) is 0 Å². The molecule has 0 unspecified atom stereocenters. The summed E-state index contributed by atoms with van der Waals surface area (Å²) < 4.78 is 5.50. The number of aromatic hydroxyl groups is 2. The summed E-state index contributed by atoms with van der Waals surface area (Å²) in [7, 11) is 0. The molecule has 6 nitrogen and oxygen atoms in total. The molecule has 0 radical (unpaired) electrons. The van der Waals surface area contributed by atoms with Crippen LogP contribution in [0.5, 0.6) is 11.5 Å². The second-order valence-electron chi connectivity index (χ2n) is 4.34. The number of benzene rings is 2. The fourth-order valence-corrected chi connectivity index (χ4v) is 2.52. The third-order valence-corrected chi connectivity index (χ3v) is 3.75. The first-order chi connectivity index (χ1) is 10.7. The molecule has 7 heteroatoms. The zero-order valence-corrected chi connectivity index (χ0v) is 11.9. The fraction of sp³-hybridized carbons (Fsp3) is 0. The van der Waals surface area contributed by atoms with Gasteiger partial charge in [-0.15, -0.1) is 10.2 Å². The molecule has 0 spiro atoms. The molecule has 1 heterocycles. The van der Waals surface area contributed by atoms with Crippen molar-refractivity contribution in [2.75, 3.05) is 0 Å². The van der Waals surface area contributed by atoms with Gasteiger partial charge in [-0.1, -0.05) is 18.2 Å². The Morgan fingerprint density at radius 1 is 1.05 bits per heavy atom. The Balaban J connectivity index is 1.87. The van der Waals surface area contributed by atoms with Gasteiger partial charge in [0.2, 0.25) is 5.89 Å². The van der Waals surface area contributed by atoms with Crippen molar-refractivity contribution in [3.05, 3.63) is 48.0 Å². The largest absolute Gasteiger partial charge is 0.507 e. The van der Waals surface area contributed by atoms with Crippen LogP contribution in [0.4, 0.5) is 0 Å². The van der Waals surface area contributed by atoms with Gasteiger partial charge in [0.25, 0.3) is 5.22 Å². The van der Waals surface area contributed by atoms with Crippen molar-refractivity contribution in [3.63, 3.8) is 0 Å². The first-order valence-corrected chi connectivity index (χ1v) is 7.07. The molecule has 0 bridgehead atoms. The highest BCUT2D eigenvalue weighted by atomic mass is 32.2. The molecule has 0 saturated carbocycles. The lowest BCUT2D eigenvalue weighted by atomic mass is 10.2. The van der Waals surface area contributed by atoms with Crippen LogP contribution in [0.1, 0.15) is 10.4 Å². The van der Waals surface area contributed by atoms with Crippen molar-refractivity contribution >= 4 is 18.0 Å². The van der Waals surface area contributed by atoms with Crippen LogP contribution in [0.25, 0.3) is 11.5 Å². The van der Waals surface area contributed by atoms with Gasteiger partial charge < -0.3 is 14.6 Å². The number of aldehydes is 1. The van der Waals surface area contributed by atoms with Gasteiger partial charge >= 0.3 is 0 Å². The first-order valence-electron chi connectivity index (χ1n) is 6.25. The summed E-state index contributed by atoms with van der Waals surface area (Å²) >= 11 is 0.997. The van der Waals surface area contributed by atoms with E-state index in [1.807, 2.05) is 30.3 Å². The number of phenols is 2. The summed E-state index contributed by atoms with van der Waals surface area (Å²) in [6.07, 6.45) is 0.462. The van der Waals surface area contributed by atoms with E-state index in [0.717, 1.165) is 17.3 Å². The van der Waals surface area contributed by atoms with Gasteiger partial charge in [0.15, 0.2) is 6.29 Å². The number of hydrogen-bond acceptors (Lipinski definition) is 7. The molecule has 0 saturated heterocycles. The standard InChI is InChI=1S/C15H10N2O4S/c18-8-10-6-12(20)13(7-11(10)19)22-15-17-16-14(21-15)9-4-2-1-3-5-9/h1-8,19-20H. The van der Waals surface area contributed by atoms with Crippen LogP contribution in [0.3, 0.4) is 0 Å². The number of phenolic OH excluding ortho intramolecular Hbond substituents is 2. The topological polar surface area (TPSA) is 96.5 Å². The average molecular weight is 314 g/mol. The summed E-state index contributed by atoms with van der Waals surface area (Å²) in [4.78, 5) is 11.0. The Bertz CT molecular complexity index is 818. The Hall–Kier alpha value is -2.80. The minimum Gasteiger partial charge on any atom is -0.507 e. The Kier molecular flexibility index (Phi) is 3.80. The molecule has 0 amide bonds. The highest BCUT2D eigenvalue weighted by Crippen LogP contribution is 2.38. The molecule has 0 atom stereocenters. The van der Waals surface area contributed by atoms with E-state index >= 15 is 0 Å². The van der Waals surface area contributed by atoms with Gasteiger partial charge in [0.05, 0.1) is 10.5 Å². The number of nitrogens with zero attached hydrogens (tertiary/aromatic N) is 2. The lowest BCUT2D eigenvalue weighted by molar-refractivity contribution is 0.112. The van der Waals surface area contributed by atoms with E-state index in [-0.39, 0.29) is 22.3 Å². The van der Waals surface area contributed by atoms with Crippen LogP contribution in [0, 0.1) is 0 Å². The Labute approximate surface area is 129 Å². The second kappa shape index (κ2) is 5.90. The van der Waals surface area contributed by atoms with Crippen molar-refractivity contribution in [3.8, 4) is 23.0 Å². The van der Waals surface area contributed by atoms with Crippen LogP contribution in [-0.4, -0.2) is 26.7 Å². The van der Waals surface area contributed by atoms with E-state index in [0.29, 0.717) is 17.1 Å². The van der Waals surface area contributed by atoms with E-state index in [9.17, 15) is 15.0 Å². The van der Waals surface area contributed by atoms with Gasteiger partial charge in [0, 0.05) is 5.56 Å². The highest BCUT2D eigenvalue weighted by Gasteiger charge is 2.14. The van der Waals surface area contributed by atoms with E-state index in [2.05, 4.69) is 10.2 Å². The minimum absolute atomic E-state index is 0.0114. The van der Waals surface area contributed by atoms with Gasteiger partial charge in [-0.3, -0.25) is 4.79 Å². The van der Waals surface area contributed by atoms with Crippen LogP contribution >= 0.6 is 11.8 Å². The monoisotopic (exact) mass is 314 g/mol. The quantitative estimate of drug-likeness (QED) is 0.564. The van der Waals surface area contributed by atoms with Crippen molar-refractivity contribution in [1.29, 1.82) is 0 Å². The molecule has 0 aliphatic heterocycles. The van der Waals surface area contributed by atoms with E-state index in [1.54, 1.807) is 0 Å². The summed E-state index contributed by atoms with van der Waals surface area (Å²) in [5.74, 6) is -0.0150. The molecule has 3 aromatic rings. The highest BCUT2D eigenvalue weighted by molar-refractivity contribution is 7.99. The number of rotatable bonds is 4. The molecular weight excluding hydrogens is 304 g/mol. The summed E-state index contributed by atoms with van der Waals surface area (Å²) in [6, 6.07) is 11.7. The molecule has 3 rings (SSSR count). The summed E-state index contributed by atoms with van der Waals surface area (Å²) in [5.41, 5.74) is 0.794. The lowest BCUT2D eigenvalue weighted by Crippen LogP contribution is -1.83. The molecule has 2 N–H and O–H groups in total. The van der Waals surface area contributed by atoms with Crippen molar-refractivity contribution in [1.82, 2.24) is 10.2 Å². The van der Waals surface area contributed by atoms with Crippen molar-refractivity contribution in [2.45, 2.75) is 10.1 Å². The molecule has 2 aromatic carbocycles. The normalized spacial score (nSPS) is 10.5. The smallest absolute Gasteiger partial charge is 0.281 e. The zero-order chi connectivity index (χ0) is 15.5. The van der Waals surface area contributed by atoms with Gasteiger partial charge in [0.1, 0.15) is 11.5 Å². The fourth-order valence-electron chi connectivity index (χ4n) is 1.79. The van der Waals surface area contributed by atoms with Crippen LogP contribution in [0.2, 0.25) is 0 Å². The summed E-state index contributed by atoms with van der Waals surface area (Å²) in [5, 5.41) is 27.5. The molecular formula is C15H10N2O4S. The SMILES string of the molecule is O=Cc1cc(O)c(Sc2nnc(-c3ccccc3)o2)cc1O. The molecule has 0 aliphatic carbocycles. The molecule has 0 fully saturated rings. The zero-order valence-electron chi connectivity index (χ0n) is 11.1. The third kappa shape index (κ3) is 2.79. The molecule has 22 heavy (non-hydrogen) atoms. The number of carbonyl (C=O) groups excluding carboxylic acids is 1. The Morgan fingerprint density at radius 3 is 2.55 bits per heavy atom. The van der Waals surface area contributed by atoms with Crippen LogP contribution < -0.4 is 0 Å². The third-order valence-electron chi connectivity index (χ3n) is 2.86. The van der Waals surface area contributed by atoms with E-state index < -0.39 is 0 Å². The second-order valence-corrected chi connectivity index (χ2v) is 5.33. The van der Waals surface area contributed by atoms with Crippen LogP contribution in [0.15, 0.2) is 57.0 Å². The maximum Gasteiger partial charge on any atom is 0.281 e. The van der Waals surface area contributed by atoms with Crippen molar-refractivity contribution in [2.24, 2.45) is 0 Å². The predicted octanol–water partition coefficient (Wildman–Crippen LogP) is 3.11. The van der Waals surface area contributed by atoms with Crippen LogP contribution in [-0.2, 0) is 0 Å². The average Bonchev–Trinajstić information content (AvgIpc) is 3.00. The minimum atomic E-state index is -0.224. The van der Waals surface area contributed by atoms with E-state index in [1.165, 1.54) is 12.1 Å². The predicted molar refractivity (Wildman–Crippen MR) is 79.0 cm³/mol. The van der Waals surface area contributed by atoms with E-state index in [4.69, 9.17) is 4.42 Å². The summed E-state index contributed by atoms with van der Waals surface area (Å²) in [6.45, 7) is 0. The Morgan fingerprint density at radius 2 is 1.82 bits per heavy atom. The lowest BCUT2D eigenvalue weighted by Gasteiger charge is -2.04. The van der Waals surface area contributed by atoms with Gasteiger partial charge in [-0.05, 0) is 36.0 Å². The molecule has 110 valence electrons. The van der Waals surface area contributed by atoms with Gasteiger partial charge in [-0.25, -0.2) is 0 Å². The maximum absolute atomic E-state index is 10.7. The molecule has 1 aromatic heterocycles. The number of aromatic nitrogens is 2. The maximum atomic E-state index is 10.7.